The van der Waals surface area contributed by atoms with Crippen LogP contribution < -0.4 is 10.0 Å². The van der Waals surface area contributed by atoms with Crippen molar-refractivity contribution in [3.8, 4) is 0 Å². The first kappa shape index (κ1) is 15.2. The summed E-state index contributed by atoms with van der Waals surface area (Å²) < 4.78 is 32.9. The number of pyridine rings is 1. The third kappa shape index (κ3) is 3.47. The van der Waals surface area contributed by atoms with Gasteiger partial charge in [0.25, 0.3) is 0 Å². The van der Waals surface area contributed by atoms with Crippen LogP contribution in [0.25, 0.3) is 0 Å². The van der Waals surface area contributed by atoms with Crippen LogP contribution in [0.1, 0.15) is 26.2 Å². The maximum Gasteiger partial charge on any atom is 0.244 e. The molecule has 0 amide bonds. The molecule has 112 valence electrons. The van der Waals surface area contributed by atoms with Crippen LogP contribution in [0.3, 0.4) is 0 Å². The highest BCUT2D eigenvalue weighted by atomic mass is 32.2. The first-order valence-electron chi connectivity index (χ1n) is 6.81. The minimum Gasteiger partial charge on any atom is -0.381 e. The number of ether oxygens (including phenoxy) is 1. The third-order valence-corrected chi connectivity index (χ3v) is 5.00. The Labute approximate surface area is 120 Å². The minimum absolute atomic E-state index is 0.0698. The summed E-state index contributed by atoms with van der Waals surface area (Å²) >= 11 is 0. The van der Waals surface area contributed by atoms with E-state index in [-0.39, 0.29) is 17.0 Å². The molecule has 20 heavy (non-hydrogen) atoms. The number of methoxy groups -OCH3 is 1. The van der Waals surface area contributed by atoms with Crippen LogP contribution in [0.2, 0.25) is 0 Å². The van der Waals surface area contributed by atoms with Crippen molar-refractivity contribution in [3.63, 3.8) is 0 Å². The monoisotopic (exact) mass is 299 g/mol. The smallest absolute Gasteiger partial charge is 0.244 e. The summed E-state index contributed by atoms with van der Waals surface area (Å²) in [6, 6.07) is 3.12. The molecule has 7 heteroatoms. The van der Waals surface area contributed by atoms with E-state index < -0.39 is 10.0 Å². The van der Waals surface area contributed by atoms with Crippen molar-refractivity contribution in [2.45, 2.75) is 43.2 Å². The molecule has 2 rings (SSSR count). The van der Waals surface area contributed by atoms with Crippen LogP contribution in [0.15, 0.2) is 23.2 Å². The summed E-state index contributed by atoms with van der Waals surface area (Å²) in [5.74, 6) is 0.392. The molecule has 1 heterocycles. The predicted octanol–water partition coefficient (Wildman–Crippen LogP) is 1.36. The average Bonchev–Trinajstić information content (AvgIpc) is 2.86. The van der Waals surface area contributed by atoms with E-state index in [0.29, 0.717) is 18.8 Å². The van der Waals surface area contributed by atoms with E-state index in [1.54, 1.807) is 25.4 Å². The molecule has 0 spiro atoms. The molecular formula is C13H21N3O3S. The largest absolute Gasteiger partial charge is 0.381 e. The molecule has 6 nitrogen and oxygen atoms in total. The molecule has 0 bridgehead atoms. The van der Waals surface area contributed by atoms with Crippen molar-refractivity contribution in [1.82, 2.24) is 9.71 Å². The summed E-state index contributed by atoms with van der Waals surface area (Å²) in [5.41, 5.74) is 0. The van der Waals surface area contributed by atoms with Crippen molar-refractivity contribution in [2.24, 2.45) is 0 Å². The fourth-order valence-corrected chi connectivity index (χ4v) is 3.87. The van der Waals surface area contributed by atoms with Crippen LogP contribution in [-0.4, -0.2) is 39.2 Å². The zero-order valence-electron chi connectivity index (χ0n) is 11.8. The maximum atomic E-state index is 12.4. The van der Waals surface area contributed by atoms with Gasteiger partial charge in [0.05, 0.1) is 6.10 Å². The average molecular weight is 299 g/mol. The molecule has 0 radical (unpaired) electrons. The number of hydrogen-bond acceptors (Lipinski definition) is 5. The lowest BCUT2D eigenvalue weighted by atomic mass is 10.3. The molecule has 2 unspecified atom stereocenters. The molecule has 1 saturated carbocycles. The van der Waals surface area contributed by atoms with Gasteiger partial charge >= 0.3 is 0 Å². The van der Waals surface area contributed by atoms with Gasteiger partial charge in [-0.25, -0.2) is 18.1 Å². The Hall–Kier alpha value is -1.18. The van der Waals surface area contributed by atoms with E-state index >= 15 is 0 Å². The van der Waals surface area contributed by atoms with E-state index in [1.165, 1.54) is 0 Å². The Morgan fingerprint density at radius 2 is 2.25 bits per heavy atom. The summed E-state index contributed by atoms with van der Waals surface area (Å²) in [6.45, 7) is 2.52. The topological polar surface area (TPSA) is 80.3 Å². The molecule has 2 atom stereocenters. The second kappa shape index (κ2) is 6.51. The van der Waals surface area contributed by atoms with Crippen LogP contribution in [0.4, 0.5) is 5.82 Å². The van der Waals surface area contributed by atoms with E-state index in [9.17, 15) is 8.42 Å². The Morgan fingerprint density at radius 3 is 2.90 bits per heavy atom. The lowest BCUT2D eigenvalue weighted by Crippen LogP contribution is -2.34. The summed E-state index contributed by atoms with van der Waals surface area (Å²) in [7, 11) is -1.90. The van der Waals surface area contributed by atoms with Crippen LogP contribution in [0, 0.1) is 0 Å². The Balaban J connectivity index is 2.14. The Bertz CT molecular complexity index is 548. The quantitative estimate of drug-likeness (QED) is 0.829. The highest BCUT2D eigenvalue weighted by Crippen LogP contribution is 2.24. The summed E-state index contributed by atoms with van der Waals surface area (Å²) in [6.07, 6.45) is 4.12. The zero-order chi connectivity index (χ0) is 14.6. The van der Waals surface area contributed by atoms with Crippen molar-refractivity contribution in [3.05, 3.63) is 18.3 Å². The van der Waals surface area contributed by atoms with Gasteiger partial charge in [-0.1, -0.05) is 0 Å². The maximum absolute atomic E-state index is 12.4. The Morgan fingerprint density at radius 1 is 1.45 bits per heavy atom. The van der Waals surface area contributed by atoms with E-state index in [1.807, 2.05) is 6.92 Å². The zero-order valence-corrected chi connectivity index (χ0v) is 12.6. The summed E-state index contributed by atoms with van der Waals surface area (Å²) in [5, 5.41) is 2.97. The fraction of sp³-hybridized carbons (Fsp3) is 0.615. The van der Waals surface area contributed by atoms with Crippen molar-refractivity contribution in [1.29, 1.82) is 0 Å². The number of nitrogens with zero attached hydrogens (tertiary/aromatic N) is 1. The summed E-state index contributed by atoms with van der Waals surface area (Å²) in [4.78, 5) is 4.28. The van der Waals surface area contributed by atoms with E-state index in [4.69, 9.17) is 4.74 Å². The van der Waals surface area contributed by atoms with Gasteiger partial charge in [-0.3, -0.25) is 0 Å². The molecule has 1 aromatic rings. The first-order valence-corrected chi connectivity index (χ1v) is 8.29. The SMILES string of the molecule is CCNc1ncccc1S(=O)(=O)NC1CCC(OC)C1. The van der Waals surface area contributed by atoms with Gasteiger partial charge < -0.3 is 10.1 Å². The van der Waals surface area contributed by atoms with Gasteiger partial charge in [0.15, 0.2) is 0 Å². The molecular weight excluding hydrogens is 278 g/mol. The normalized spacial score (nSPS) is 22.9. The molecule has 0 saturated heterocycles. The van der Waals surface area contributed by atoms with Crippen LogP contribution >= 0.6 is 0 Å². The Kier molecular flexibility index (Phi) is 4.95. The number of hydrogen-bond donors (Lipinski definition) is 2. The number of aromatic nitrogens is 1. The first-order chi connectivity index (χ1) is 9.56. The number of sulfonamides is 1. The van der Waals surface area contributed by atoms with Gasteiger partial charge in [-0.2, -0.15) is 0 Å². The van der Waals surface area contributed by atoms with Gasteiger partial charge in [0.2, 0.25) is 10.0 Å². The number of anilines is 1. The van der Waals surface area contributed by atoms with Gasteiger partial charge in [0.1, 0.15) is 10.7 Å². The minimum atomic E-state index is -3.56. The number of nitrogens with one attached hydrogen (secondary N) is 2. The van der Waals surface area contributed by atoms with Crippen LogP contribution in [-0.2, 0) is 14.8 Å². The molecule has 0 aromatic carbocycles. The van der Waals surface area contributed by atoms with Crippen molar-refractivity contribution in [2.75, 3.05) is 19.0 Å². The second-order valence-corrected chi connectivity index (χ2v) is 6.55. The highest BCUT2D eigenvalue weighted by molar-refractivity contribution is 7.89. The number of rotatable bonds is 6. The fourth-order valence-electron chi connectivity index (χ4n) is 2.45. The van der Waals surface area contributed by atoms with E-state index in [0.717, 1.165) is 12.8 Å². The lowest BCUT2D eigenvalue weighted by Gasteiger charge is -2.15. The molecule has 1 aromatic heterocycles. The van der Waals surface area contributed by atoms with E-state index in [2.05, 4.69) is 15.0 Å². The standard InChI is InChI=1S/C13H21N3O3S/c1-3-14-13-12(5-4-8-15-13)20(17,18)16-10-6-7-11(9-10)19-2/h4-5,8,10-11,16H,3,6-7,9H2,1-2H3,(H,14,15). The molecule has 2 N–H and O–H groups in total. The molecule has 1 fully saturated rings. The molecule has 1 aliphatic carbocycles. The van der Waals surface area contributed by atoms with Gasteiger partial charge in [-0.15, -0.1) is 0 Å². The van der Waals surface area contributed by atoms with Crippen LogP contribution in [0.5, 0.6) is 0 Å². The molecule has 1 aliphatic rings. The molecule has 0 aliphatic heterocycles. The lowest BCUT2D eigenvalue weighted by molar-refractivity contribution is 0.107. The van der Waals surface area contributed by atoms with Crippen molar-refractivity contribution >= 4 is 15.8 Å². The third-order valence-electron chi connectivity index (χ3n) is 3.44. The van der Waals surface area contributed by atoms with Gasteiger partial charge in [0, 0.05) is 25.9 Å². The predicted molar refractivity (Wildman–Crippen MR) is 77.2 cm³/mol. The van der Waals surface area contributed by atoms with Crippen molar-refractivity contribution < 1.29 is 13.2 Å². The highest BCUT2D eigenvalue weighted by Gasteiger charge is 2.29. The second-order valence-electron chi connectivity index (χ2n) is 4.87. The van der Waals surface area contributed by atoms with Gasteiger partial charge in [-0.05, 0) is 38.3 Å².